The van der Waals surface area contributed by atoms with E-state index in [1.165, 1.54) is 12.1 Å². The maximum absolute atomic E-state index is 12.8. The van der Waals surface area contributed by atoms with Gasteiger partial charge in [0, 0.05) is 18.0 Å². The molecule has 0 amide bonds. The van der Waals surface area contributed by atoms with Crippen molar-refractivity contribution < 1.29 is 4.39 Å². The molecule has 0 unspecified atom stereocenters. The Bertz CT molecular complexity index is 639. The minimum absolute atomic E-state index is 0.209. The van der Waals surface area contributed by atoms with E-state index >= 15 is 0 Å². The van der Waals surface area contributed by atoms with Gasteiger partial charge < -0.3 is 5.32 Å². The predicted octanol–water partition coefficient (Wildman–Crippen LogP) is 4.11. The van der Waals surface area contributed by atoms with Crippen LogP contribution in [0.4, 0.5) is 10.2 Å². The van der Waals surface area contributed by atoms with Crippen molar-refractivity contribution in [3.05, 3.63) is 52.2 Å². The molecule has 21 heavy (non-hydrogen) atoms. The van der Waals surface area contributed by atoms with Gasteiger partial charge in [0.15, 0.2) is 0 Å². The van der Waals surface area contributed by atoms with Crippen molar-refractivity contribution in [1.29, 1.82) is 0 Å². The number of aromatic nitrogens is 2. The molecule has 0 spiro atoms. The van der Waals surface area contributed by atoms with Crippen molar-refractivity contribution in [2.75, 3.05) is 11.9 Å². The van der Waals surface area contributed by atoms with E-state index in [1.54, 1.807) is 12.1 Å². The second-order valence-corrected chi connectivity index (χ2v) is 5.78. The minimum Gasteiger partial charge on any atom is -0.369 e. The van der Waals surface area contributed by atoms with Crippen LogP contribution in [0, 0.1) is 12.7 Å². The molecule has 3 nitrogen and oxygen atoms in total. The van der Waals surface area contributed by atoms with E-state index in [0.29, 0.717) is 11.1 Å². The molecule has 1 aliphatic rings. The standard InChI is InChI=1S/C16H17ClFN3/c1-10-14(17)20-16(12-4-5-12)21-15(10)19-9-8-11-2-6-13(18)7-3-11/h2-3,6-7,12H,4-5,8-9H2,1H3,(H,19,20,21). The van der Waals surface area contributed by atoms with Crippen molar-refractivity contribution in [3.63, 3.8) is 0 Å². The van der Waals surface area contributed by atoms with Crippen LogP contribution >= 0.6 is 11.6 Å². The molecular formula is C16H17ClFN3. The van der Waals surface area contributed by atoms with Crippen LogP contribution in [0.25, 0.3) is 0 Å². The molecule has 0 saturated heterocycles. The molecule has 1 heterocycles. The molecule has 0 radical (unpaired) electrons. The lowest BCUT2D eigenvalue weighted by Gasteiger charge is -2.11. The van der Waals surface area contributed by atoms with Gasteiger partial charge >= 0.3 is 0 Å². The summed E-state index contributed by atoms with van der Waals surface area (Å²) < 4.78 is 12.8. The number of nitrogens with zero attached hydrogens (tertiary/aromatic N) is 2. The summed E-state index contributed by atoms with van der Waals surface area (Å²) in [5.41, 5.74) is 1.96. The normalized spacial score (nSPS) is 14.2. The average Bonchev–Trinajstić information content (AvgIpc) is 3.30. The van der Waals surface area contributed by atoms with Gasteiger partial charge in [0.25, 0.3) is 0 Å². The molecule has 1 N–H and O–H groups in total. The van der Waals surface area contributed by atoms with E-state index in [2.05, 4.69) is 15.3 Å². The Balaban J connectivity index is 1.65. The molecule has 1 saturated carbocycles. The van der Waals surface area contributed by atoms with E-state index in [4.69, 9.17) is 11.6 Å². The van der Waals surface area contributed by atoms with Gasteiger partial charge in [-0.1, -0.05) is 23.7 Å². The Kier molecular flexibility index (Phi) is 4.06. The number of nitrogens with one attached hydrogen (secondary N) is 1. The van der Waals surface area contributed by atoms with Gasteiger partial charge in [-0.05, 0) is 43.9 Å². The lowest BCUT2D eigenvalue weighted by atomic mass is 10.1. The Morgan fingerprint density at radius 1 is 1.24 bits per heavy atom. The summed E-state index contributed by atoms with van der Waals surface area (Å²) in [6.45, 7) is 2.64. The van der Waals surface area contributed by atoms with Gasteiger partial charge in [0.05, 0.1) is 0 Å². The second-order valence-electron chi connectivity index (χ2n) is 5.42. The van der Waals surface area contributed by atoms with E-state index in [-0.39, 0.29) is 5.82 Å². The van der Waals surface area contributed by atoms with Crippen LogP contribution in [-0.2, 0) is 6.42 Å². The zero-order valence-electron chi connectivity index (χ0n) is 11.9. The highest BCUT2D eigenvalue weighted by atomic mass is 35.5. The monoisotopic (exact) mass is 305 g/mol. The van der Waals surface area contributed by atoms with Crippen molar-refractivity contribution >= 4 is 17.4 Å². The Morgan fingerprint density at radius 2 is 1.95 bits per heavy atom. The first-order valence-corrected chi connectivity index (χ1v) is 7.53. The molecule has 110 valence electrons. The topological polar surface area (TPSA) is 37.8 Å². The number of rotatable bonds is 5. The van der Waals surface area contributed by atoms with E-state index in [9.17, 15) is 4.39 Å². The van der Waals surface area contributed by atoms with Crippen LogP contribution in [-0.4, -0.2) is 16.5 Å². The lowest BCUT2D eigenvalue weighted by molar-refractivity contribution is 0.627. The molecule has 0 aliphatic heterocycles. The largest absolute Gasteiger partial charge is 0.369 e. The number of anilines is 1. The van der Waals surface area contributed by atoms with Gasteiger partial charge in [-0.3, -0.25) is 0 Å². The van der Waals surface area contributed by atoms with E-state index in [0.717, 1.165) is 48.6 Å². The quantitative estimate of drug-likeness (QED) is 0.845. The third-order valence-corrected chi connectivity index (χ3v) is 4.03. The number of benzene rings is 1. The van der Waals surface area contributed by atoms with Crippen LogP contribution in [0.2, 0.25) is 5.15 Å². The average molecular weight is 306 g/mol. The number of hydrogen-bond acceptors (Lipinski definition) is 3. The van der Waals surface area contributed by atoms with Crippen molar-refractivity contribution in [2.45, 2.75) is 32.1 Å². The molecule has 1 aromatic carbocycles. The molecule has 2 aromatic rings. The van der Waals surface area contributed by atoms with Crippen molar-refractivity contribution in [1.82, 2.24) is 9.97 Å². The van der Waals surface area contributed by atoms with Crippen LogP contribution in [0.1, 0.15) is 35.7 Å². The van der Waals surface area contributed by atoms with E-state index < -0.39 is 0 Å². The first-order chi connectivity index (χ1) is 10.1. The summed E-state index contributed by atoms with van der Waals surface area (Å²) in [6, 6.07) is 6.56. The minimum atomic E-state index is -0.209. The van der Waals surface area contributed by atoms with Crippen LogP contribution < -0.4 is 5.32 Å². The molecule has 1 aliphatic carbocycles. The van der Waals surface area contributed by atoms with Gasteiger partial charge in [-0.15, -0.1) is 0 Å². The van der Waals surface area contributed by atoms with Gasteiger partial charge in [0.1, 0.15) is 22.6 Å². The molecule has 0 atom stereocenters. The summed E-state index contributed by atoms with van der Waals surface area (Å²) in [7, 11) is 0. The fraction of sp³-hybridized carbons (Fsp3) is 0.375. The third-order valence-electron chi connectivity index (χ3n) is 3.67. The fourth-order valence-corrected chi connectivity index (χ4v) is 2.35. The molecule has 1 fully saturated rings. The third kappa shape index (κ3) is 3.50. The highest BCUT2D eigenvalue weighted by Gasteiger charge is 2.27. The molecule has 5 heteroatoms. The smallest absolute Gasteiger partial charge is 0.137 e. The summed E-state index contributed by atoms with van der Waals surface area (Å²) in [4.78, 5) is 8.92. The van der Waals surface area contributed by atoms with Crippen molar-refractivity contribution in [2.24, 2.45) is 0 Å². The maximum atomic E-state index is 12.8. The Labute approximate surface area is 128 Å². The summed E-state index contributed by atoms with van der Waals surface area (Å²) in [6.07, 6.45) is 3.10. The van der Waals surface area contributed by atoms with Crippen LogP contribution in [0.15, 0.2) is 24.3 Å². The molecule has 1 aromatic heterocycles. The summed E-state index contributed by atoms with van der Waals surface area (Å²) in [5.74, 6) is 1.91. The fourth-order valence-electron chi connectivity index (χ4n) is 2.18. The number of halogens is 2. The van der Waals surface area contributed by atoms with Crippen molar-refractivity contribution in [3.8, 4) is 0 Å². The van der Waals surface area contributed by atoms with Gasteiger partial charge in [0.2, 0.25) is 0 Å². The van der Waals surface area contributed by atoms with Crippen LogP contribution in [0.3, 0.4) is 0 Å². The molecule has 0 bridgehead atoms. The van der Waals surface area contributed by atoms with Gasteiger partial charge in [-0.25, -0.2) is 14.4 Å². The first-order valence-electron chi connectivity index (χ1n) is 7.16. The summed E-state index contributed by atoms with van der Waals surface area (Å²) >= 11 is 6.17. The first kappa shape index (κ1) is 14.3. The molecular weight excluding hydrogens is 289 g/mol. The highest BCUT2D eigenvalue weighted by Crippen LogP contribution is 2.39. The SMILES string of the molecule is Cc1c(Cl)nc(C2CC2)nc1NCCc1ccc(F)cc1. The Hall–Kier alpha value is -1.68. The second kappa shape index (κ2) is 5.98. The summed E-state index contributed by atoms with van der Waals surface area (Å²) in [5, 5.41) is 3.83. The Morgan fingerprint density at radius 3 is 2.62 bits per heavy atom. The van der Waals surface area contributed by atoms with Gasteiger partial charge in [-0.2, -0.15) is 0 Å². The zero-order valence-corrected chi connectivity index (χ0v) is 12.6. The number of hydrogen-bond donors (Lipinski definition) is 1. The maximum Gasteiger partial charge on any atom is 0.137 e. The van der Waals surface area contributed by atoms with E-state index in [1.807, 2.05) is 6.92 Å². The highest BCUT2D eigenvalue weighted by molar-refractivity contribution is 6.30. The van der Waals surface area contributed by atoms with Crippen LogP contribution in [0.5, 0.6) is 0 Å². The molecule has 3 rings (SSSR count). The lowest BCUT2D eigenvalue weighted by Crippen LogP contribution is -2.10. The predicted molar refractivity (Wildman–Crippen MR) is 82.3 cm³/mol. The zero-order chi connectivity index (χ0) is 14.8.